The molecule has 0 fully saturated rings. The van der Waals surface area contributed by atoms with E-state index in [1.807, 2.05) is 6.07 Å². The molecule has 1 heterocycles. The molecule has 0 spiro atoms. The molecule has 0 saturated heterocycles. The lowest BCUT2D eigenvalue weighted by molar-refractivity contribution is -0.119. The van der Waals surface area contributed by atoms with Gasteiger partial charge in [-0.2, -0.15) is 5.26 Å². The van der Waals surface area contributed by atoms with Gasteiger partial charge in [0, 0.05) is 36.1 Å². The Kier molecular flexibility index (Phi) is 14.0. The topological polar surface area (TPSA) is 267 Å². The largest absolute Gasteiger partial charge is 0.504 e. The number of nitrogens with zero attached hydrogens (tertiary/aromatic N) is 1. The number of benzene rings is 5. The van der Waals surface area contributed by atoms with Crippen LogP contribution < -0.4 is 31.2 Å². The zero-order chi connectivity index (χ0) is 46.9. The van der Waals surface area contributed by atoms with Gasteiger partial charge in [-0.1, -0.05) is 30.3 Å². The SMILES string of the molecule is COc1c(NC(=O)c2ccc(NC(=O)c3ccc(NC(=O)[C@H](CC#N)CC(=O)c4ccc(CC(=O)/C(C)=C/c5ccc6oc(=O)[nH]c6c5)cc4)cc3)c(OC)c2O)ccc(C(C)=O)c1O. The van der Waals surface area contributed by atoms with Crippen LogP contribution in [0.15, 0.2) is 106 Å². The standard InChI is InChI=1S/C48H41N5O12/c1-25(21-28-7-18-40-37(22-28)53-48(62)65-40)38(55)23-27-5-8-29(9-6-27)39(56)24-31(19-20-49)46(60)50-32-12-10-30(11-13-32)45(59)51-35-17-15-34(42(58)44(35)64-4)47(61)52-36-16-14-33(26(2)54)41(57)43(36)63-3/h5-18,21-22,31,57-58H,19,23-24H2,1-4H3,(H,50,60)(H,51,59)(H,52,61)(H,53,62)/b25-21+/t31-/m1/s1. The summed E-state index contributed by atoms with van der Waals surface area (Å²) in [7, 11) is 2.46. The average Bonchev–Trinajstić information content (AvgIpc) is 3.65. The number of methoxy groups -OCH3 is 2. The number of aromatic nitrogens is 1. The summed E-state index contributed by atoms with van der Waals surface area (Å²) in [6, 6.07) is 24.4. The summed E-state index contributed by atoms with van der Waals surface area (Å²) in [6.45, 7) is 2.94. The molecule has 17 nitrogen and oxygen atoms in total. The zero-order valence-corrected chi connectivity index (χ0v) is 35.4. The van der Waals surface area contributed by atoms with Crippen molar-refractivity contribution in [2.24, 2.45) is 5.92 Å². The number of anilines is 3. The minimum Gasteiger partial charge on any atom is -0.504 e. The number of carbonyl (C=O) groups is 6. The number of ketones is 3. The highest BCUT2D eigenvalue weighted by Gasteiger charge is 2.25. The smallest absolute Gasteiger partial charge is 0.417 e. The lowest BCUT2D eigenvalue weighted by Crippen LogP contribution is -2.25. The highest BCUT2D eigenvalue weighted by molar-refractivity contribution is 6.11. The lowest BCUT2D eigenvalue weighted by atomic mass is 9.94. The number of hydrogen-bond acceptors (Lipinski definition) is 13. The first-order valence-corrected chi connectivity index (χ1v) is 19.8. The van der Waals surface area contributed by atoms with Gasteiger partial charge in [0.25, 0.3) is 11.8 Å². The van der Waals surface area contributed by atoms with Gasteiger partial charge in [-0.3, -0.25) is 33.8 Å². The highest BCUT2D eigenvalue weighted by atomic mass is 16.5. The Hall–Kier alpha value is -8.78. The second-order valence-corrected chi connectivity index (χ2v) is 14.7. The monoisotopic (exact) mass is 879 g/mol. The quantitative estimate of drug-likeness (QED) is 0.0391. The number of nitrogens with one attached hydrogen (secondary N) is 4. The van der Waals surface area contributed by atoms with Gasteiger partial charge >= 0.3 is 5.76 Å². The molecule has 0 bridgehead atoms. The number of hydrogen-bond donors (Lipinski definition) is 6. The molecule has 6 N–H and O–H groups in total. The molecule has 65 heavy (non-hydrogen) atoms. The number of allylic oxidation sites excluding steroid dienone is 1. The minimum absolute atomic E-state index is 0.0150. The van der Waals surface area contributed by atoms with Crippen molar-refractivity contribution < 1.29 is 52.9 Å². The summed E-state index contributed by atoms with van der Waals surface area (Å²) in [5.41, 5.74) is 3.24. The van der Waals surface area contributed by atoms with Crippen LogP contribution in [0.25, 0.3) is 17.2 Å². The third kappa shape index (κ3) is 10.6. The van der Waals surface area contributed by atoms with Crippen LogP contribution in [0.1, 0.15) is 79.2 Å². The zero-order valence-electron chi connectivity index (χ0n) is 35.4. The summed E-state index contributed by atoms with van der Waals surface area (Å²) in [6.07, 6.45) is 1.25. The van der Waals surface area contributed by atoms with Gasteiger partial charge in [0.2, 0.25) is 5.91 Å². The summed E-state index contributed by atoms with van der Waals surface area (Å²) in [5.74, 6) is -6.08. The van der Waals surface area contributed by atoms with Crippen molar-refractivity contribution in [1.29, 1.82) is 5.26 Å². The van der Waals surface area contributed by atoms with Gasteiger partial charge in [-0.25, -0.2) is 4.79 Å². The number of H-pyrrole nitrogens is 1. The van der Waals surface area contributed by atoms with E-state index in [-0.39, 0.29) is 76.1 Å². The van der Waals surface area contributed by atoms with Crippen molar-refractivity contribution in [3.63, 3.8) is 0 Å². The van der Waals surface area contributed by atoms with E-state index in [1.165, 1.54) is 69.7 Å². The van der Waals surface area contributed by atoms with Crippen molar-refractivity contribution in [2.45, 2.75) is 33.1 Å². The van der Waals surface area contributed by atoms with Crippen molar-refractivity contribution >= 4 is 69.3 Å². The number of aromatic amines is 1. The first-order valence-electron chi connectivity index (χ1n) is 19.8. The van der Waals surface area contributed by atoms with E-state index in [4.69, 9.17) is 13.9 Å². The second-order valence-electron chi connectivity index (χ2n) is 14.7. The summed E-state index contributed by atoms with van der Waals surface area (Å²) < 4.78 is 15.5. The lowest BCUT2D eigenvalue weighted by Gasteiger charge is -2.16. The highest BCUT2D eigenvalue weighted by Crippen LogP contribution is 2.40. The molecule has 0 unspecified atom stereocenters. The number of carbonyl (C=O) groups excluding carboxylic acids is 6. The fourth-order valence-corrected chi connectivity index (χ4v) is 6.79. The van der Waals surface area contributed by atoms with E-state index >= 15 is 0 Å². The van der Waals surface area contributed by atoms with E-state index in [2.05, 4.69) is 20.9 Å². The molecule has 0 aliphatic heterocycles. The maximum atomic E-state index is 13.3. The molecule has 1 atom stereocenters. The molecule has 0 aliphatic rings. The molecule has 330 valence electrons. The van der Waals surface area contributed by atoms with Crippen LogP contribution in [-0.4, -0.2) is 64.5 Å². The van der Waals surface area contributed by atoms with Crippen LogP contribution in [0.4, 0.5) is 17.1 Å². The molecule has 1 aromatic heterocycles. The Labute approximate surface area is 370 Å². The first-order chi connectivity index (χ1) is 31.1. The van der Waals surface area contributed by atoms with E-state index in [0.29, 0.717) is 33.4 Å². The predicted molar refractivity (Wildman–Crippen MR) is 239 cm³/mol. The Morgan fingerprint density at radius 3 is 1.98 bits per heavy atom. The fraction of sp³-hybridized carbons (Fsp3) is 0.167. The van der Waals surface area contributed by atoms with Crippen LogP contribution in [0.3, 0.4) is 0 Å². The molecule has 0 radical (unpaired) electrons. The van der Waals surface area contributed by atoms with E-state index < -0.39 is 46.7 Å². The molecule has 17 heteroatoms. The number of oxazole rings is 1. The van der Waals surface area contributed by atoms with Crippen molar-refractivity contribution in [3.8, 4) is 29.1 Å². The fourth-order valence-electron chi connectivity index (χ4n) is 6.79. The predicted octanol–water partition coefficient (Wildman–Crippen LogP) is 7.21. The third-order valence-corrected chi connectivity index (χ3v) is 10.3. The molecule has 6 aromatic rings. The number of phenols is 2. The van der Waals surface area contributed by atoms with Crippen LogP contribution >= 0.6 is 0 Å². The van der Waals surface area contributed by atoms with E-state index in [1.54, 1.807) is 55.5 Å². The van der Waals surface area contributed by atoms with Gasteiger partial charge in [-0.15, -0.1) is 0 Å². The second kappa shape index (κ2) is 19.9. The molecule has 0 saturated carbocycles. The molecular formula is C48H41N5O12. The molecule has 3 amide bonds. The maximum Gasteiger partial charge on any atom is 0.417 e. The molecule has 0 aliphatic carbocycles. The Morgan fingerprint density at radius 1 is 0.769 bits per heavy atom. The summed E-state index contributed by atoms with van der Waals surface area (Å²) >= 11 is 0. The first kappa shape index (κ1) is 45.7. The third-order valence-electron chi connectivity index (χ3n) is 10.3. The number of Topliss-reactive ketones (excluding diaryl/α,β-unsaturated/α-hetero) is 3. The minimum atomic E-state index is -1.00. The van der Waals surface area contributed by atoms with Gasteiger partial charge < -0.3 is 40.1 Å². The van der Waals surface area contributed by atoms with Crippen molar-refractivity contribution in [2.75, 3.05) is 30.2 Å². The Balaban J connectivity index is 1.04. The van der Waals surface area contributed by atoms with E-state index in [0.717, 1.165) is 0 Å². The summed E-state index contributed by atoms with van der Waals surface area (Å²) in [5, 5.41) is 38.7. The number of amides is 3. The van der Waals surface area contributed by atoms with Crippen molar-refractivity contribution in [1.82, 2.24) is 4.98 Å². The normalized spacial score (nSPS) is 11.5. The van der Waals surface area contributed by atoms with Crippen LogP contribution in [-0.2, 0) is 16.0 Å². The maximum absolute atomic E-state index is 13.3. The van der Waals surface area contributed by atoms with Crippen molar-refractivity contribution in [3.05, 3.63) is 140 Å². The Bertz CT molecular complexity index is 3000. The molecule has 6 rings (SSSR count). The number of phenolic OH excluding ortho intramolecular Hbond substituents is 2. The summed E-state index contributed by atoms with van der Waals surface area (Å²) in [4.78, 5) is 91.8. The van der Waals surface area contributed by atoms with Crippen LogP contribution in [0.5, 0.6) is 23.0 Å². The Morgan fingerprint density at radius 2 is 1.37 bits per heavy atom. The number of fused-ring (bicyclic) bond motifs is 1. The molecule has 5 aromatic carbocycles. The number of ether oxygens (including phenoxy) is 2. The van der Waals surface area contributed by atoms with Crippen LogP contribution in [0.2, 0.25) is 0 Å². The van der Waals surface area contributed by atoms with E-state index in [9.17, 15) is 49.0 Å². The van der Waals surface area contributed by atoms with Crippen LogP contribution in [0, 0.1) is 17.2 Å². The van der Waals surface area contributed by atoms with Gasteiger partial charge in [0.15, 0.2) is 45.9 Å². The number of nitriles is 1. The number of rotatable bonds is 17. The average molecular weight is 880 g/mol. The van der Waals surface area contributed by atoms with Gasteiger partial charge in [0.1, 0.15) is 0 Å². The van der Waals surface area contributed by atoms with Gasteiger partial charge in [-0.05, 0) is 97.3 Å². The number of aromatic hydroxyl groups is 2. The van der Waals surface area contributed by atoms with Gasteiger partial charge in [0.05, 0.1) is 54.2 Å². The molecular weight excluding hydrogens is 839 g/mol.